The summed E-state index contributed by atoms with van der Waals surface area (Å²) in [5.41, 5.74) is 10.1. The van der Waals surface area contributed by atoms with Gasteiger partial charge in [0, 0.05) is 31.3 Å². The highest BCUT2D eigenvalue weighted by Gasteiger charge is 2.27. The van der Waals surface area contributed by atoms with Crippen LogP contribution < -0.4 is 9.30 Å². The van der Waals surface area contributed by atoms with Gasteiger partial charge in [0.05, 0.1) is 40.3 Å². The fourth-order valence-electron chi connectivity index (χ4n) is 10.4. The van der Waals surface area contributed by atoms with Crippen molar-refractivity contribution in [2.45, 2.75) is 39.9 Å². The smallest absolute Gasteiger partial charge is 0.269 e. The quantitative estimate of drug-likeness (QED) is 0.123. The zero-order chi connectivity index (χ0) is 57.3. The van der Waals surface area contributed by atoms with Crippen LogP contribution in [-0.4, -0.2) is 14.1 Å². The summed E-state index contributed by atoms with van der Waals surface area (Å²) in [5.74, 6) is 1.93. The minimum atomic E-state index is -2.69. The van der Waals surface area contributed by atoms with Crippen LogP contribution in [-0.2, 0) is 5.41 Å². The number of hydrogen-bond donors (Lipinski definition) is 0. The molecule has 1 aliphatic heterocycles. The lowest BCUT2D eigenvalue weighted by Gasteiger charge is -2.20. The molecule has 0 aliphatic carbocycles. The molecule has 0 amide bonds. The zero-order valence-corrected chi connectivity index (χ0v) is 39.0. The molecule has 0 spiro atoms. The Morgan fingerprint density at radius 2 is 1.23 bits per heavy atom. The fraction of sp³-hybridized carbons (Fsp3) is 0.0909. The molecular formula is C66H50N4O. The Labute approximate surface area is 429 Å². The second-order valence-electron chi connectivity index (χ2n) is 19.0. The molecule has 4 heterocycles. The van der Waals surface area contributed by atoms with Crippen LogP contribution in [0.25, 0.3) is 106 Å². The largest absolute Gasteiger partial charge is 0.458 e. The van der Waals surface area contributed by atoms with Crippen molar-refractivity contribution in [3.05, 3.63) is 235 Å². The Morgan fingerprint density at radius 3 is 2.06 bits per heavy atom. The Balaban J connectivity index is 1.05. The minimum absolute atomic E-state index is 0.0434. The molecule has 0 radical (unpaired) electrons. The van der Waals surface area contributed by atoms with E-state index in [0.717, 1.165) is 49.9 Å². The van der Waals surface area contributed by atoms with E-state index in [-0.39, 0.29) is 27.7 Å². The molecule has 71 heavy (non-hydrogen) atoms. The van der Waals surface area contributed by atoms with Crippen molar-refractivity contribution in [2.24, 2.45) is 0 Å². The van der Waals surface area contributed by atoms with Gasteiger partial charge in [0.25, 0.3) is 6.33 Å². The number of aromatic nitrogens is 4. The van der Waals surface area contributed by atoms with Crippen LogP contribution in [0.2, 0.25) is 0 Å². The summed E-state index contributed by atoms with van der Waals surface area (Å²) in [6.07, 6.45) is 5.55. The lowest BCUT2D eigenvalue weighted by Crippen LogP contribution is -2.32. The first-order chi connectivity index (χ1) is 39.2. The molecule has 5 heteroatoms. The summed E-state index contributed by atoms with van der Waals surface area (Å²) in [5, 5.41) is 2.13. The molecule has 5 nitrogen and oxygen atoms in total. The molecule has 0 unspecified atom stereocenters. The van der Waals surface area contributed by atoms with Crippen molar-refractivity contribution in [3.8, 4) is 84.3 Å². The summed E-state index contributed by atoms with van der Waals surface area (Å²) in [7, 11) is 0. The lowest BCUT2D eigenvalue weighted by molar-refractivity contribution is -0.570. The van der Waals surface area contributed by atoms with Gasteiger partial charge in [0.2, 0.25) is 0 Å². The normalized spacial score (nSPS) is 14.6. The predicted octanol–water partition coefficient (Wildman–Crippen LogP) is 16.6. The predicted molar refractivity (Wildman–Crippen MR) is 291 cm³/mol. The molecule has 0 bridgehead atoms. The van der Waals surface area contributed by atoms with E-state index in [1.165, 1.54) is 18.2 Å². The number of benzene rings is 9. The second kappa shape index (κ2) is 16.4. The van der Waals surface area contributed by atoms with E-state index in [9.17, 15) is 2.74 Å². The molecule has 0 saturated carbocycles. The molecule has 12 aromatic rings. The number of aryl methyl sites for hydroxylation is 2. The van der Waals surface area contributed by atoms with Gasteiger partial charge in [-0.1, -0.05) is 166 Å². The van der Waals surface area contributed by atoms with Gasteiger partial charge >= 0.3 is 0 Å². The van der Waals surface area contributed by atoms with Gasteiger partial charge in [-0.3, -0.25) is 13.7 Å². The Kier molecular flexibility index (Phi) is 7.42. The van der Waals surface area contributed by atoms with E-state index in [0.29, 0.717) is 61.7 Å². The van der Waals surface area contributed by atoms with Crippen molar-refractivity contribution in [1.29, 1.82) is 0 Å². The van der Waals surface area contributed by atoms with Gasteiger partial charge in [-0.15, -0.1) is 0 Å². The highest BCUT2D eigenvalue weighted by molar-refractivity contribution is 6.09. The average Bonchev–Trinajstić information content (AvgIpc) is 3.38. The van der Waals surface area contributed by atoms with Crippen LogP contribution in [0.1, 0.15) is 52.5 Å². The average molecular weight is 926 g/mol. The van der Waals surface area contributed by atoms with E-state index >= 15 is 0 Å². The molecule has 13 rings (SSSR count). The lowest BCUT2D eigenvalue weighted by atomic mass is 9.85. The molecule has 9 aromatic carbocycles. The second-order valence-corrected chi connectivity index (χ2v) is 19.0. The number of pyridine rings is 1. The van der Waals surface area contributed by atoms with Gasteiger partial charge in [0.15, 0.2) is 0 Å². The molecule has 0 saturated heterocycles. The first-order valence-electron chi connectivity index (χ1n) is 29.0. The summed E-state index contributed by atoms with van der Waals surface area (Å²) in [6, 6.07) is 52.8. The number of nitrogens with zero attached hydrogens (tertiary/aromatic N) is 4. The van der Waals surface area contributed by atoms with Crippen LogP contribution >= 0.6 is 0 Å². The summed E-state index contributed by atoms with van der Waals surface area (Å²) >= 11 is 0. The fourth-order valence-corrected chi connectivity index (χ4v) is 10.4. The highest BCUT2D eigenvalue weighted by atomic mass is 16.5. The summed E-state index contributed by atoms with van der Waals surface area (Å²) in [4.78, 5) is 4.87. The summed E-state index contributed by atoms with van der Waals surface area (Å²) in [6.45, 7) is 1.18. The molecular weight excluding hydrogens is 865 g/mol. The third kappa shape index (κ3) is 6.99. The highest BCUT2D eigenvalue weighted by Crippen LogP contribution is 2.47. The Morgan fingerprint density at radius 1 is 0.549 bits per heavy atom. The van der Waals surface area contributed by atoms with E-state index in [4.69, 9.17) is 22.1 Å². The van der Waals surface area contributed by atoms with Crippen molar-refractivity contribution in [2.75, 3.05) is 0 Å². The maximum atomic E-state index is 9.38. The minimum Gasteiger partial charge on any atom is -0.458 e. The van der Waals surface area contributed by atoms with Gasteiger partial charge in [0.1, 0.15) is 17.3 Å². The van der Waals surface area contributed by atoms with E-state index < -0.39 is 43.9 Å². The van der Waals surface area contributed by atoms with Crippen LogP contribution in [0.4, 0.5) is 0 Å². The Hall–Kier alpha value is -8.80. The van der Waals surface area contributed by atoms with Crippen LogP contribution in [0.3, 0.4) is 0 Å². The number of rotatable bonds is 6. The standard InChI is InChI=1S/C66H50N4O/c1-42-17-13-18-43(2)63(42)45-31-33-53-51-23-9-10-24-52(51)56-28-16-30-60-65(56)69(64-50(44-19-7-6-8-20-44)26-15-27-57(64)58(53)37-45)41-68(60)47-21-14-22-48(39-47)71-49-32-34-55-54-25-11-12-29-59(54)70(61(55)40-49)62-38-46(35-36-67-62)66(3,4)5/h6-40H,1-5H3/i1D3,2D3,6D,7D,8D,19D,20D. The first kappa shape index (κ1) is 32.1. The monoisotopic (exact) mass is 925 g/mol. The van der Waals surface area contributed by atoms with Crippen molar-refractivity contribution < 1.29 is 24.4 Å². The van der Waals surface area contributed by atoms with Crippen LogP contribution in [0.15, 0.2) is 212 Å². The van der Waals surface area contributed by atoms with Gasteiger partial charge in [-0.25, -0.2) is 4.98 Å². The number of imidazole rings is 1. The number of ether oxygens (including phenoxy) is 1. The zero-order valence-electron chi connectivity index (χ0n) is 50.0. The maximum Gasteiger partial charge on any atom is 0.269 e. The molecule has 1 aliphatic rings. The number of hydrogen-bond acceptors (Lipinski definition) is 2. The van der Waals surface area contributed by atoms with Gasteiger partial charge in [-0.05, 0) is 146 Å². The first-order valence-corrected chi connectivity index (χ1v) is 23.5. The van der Waals surface area contributed by atoms with E-state index in [1.54, 1.807) is 24.3 Å². The Bertz CT molecular complexity index is 4580. The summed E-state index contributed by atoms with van der Waals surface area (Å²) < 4.78 is 109. The van der Waals surface area contributed by atoms with Crippen molar-refractivity contribution in [3.63, 3.8) is 0 Å². The third-order valence-electron chi connectivity index (χ3n) is 13.7. The molecule has 3 aromatic heterocycles. The van der Waals surface area contributed by atoms with Gasteiger partial charge in [-0.2, -0.15) is 0 Å². The van der Waals surface area contributed by atoms with Gasteiger partial charge < -0.3 is 4.74 Å². The molecule has 340 valence electrons. The van der Waals surface area contributed by atoms with Crippen LogP contribution in [0, 0.1) is 20.0 Å². The molecule has 0 N–H and O–H groups in total. The number of para-hydroxylation sites is 3. The third-order valence-corrected chi connectivity index (χ3v) is 13.7. The van der Waals surface area contributed by atoms with E-state index in [1.807, 2.05) is 118 Å². The van der Waals surface area contributed by atoms with E-state index in [2.05, 4.69) is 62.0 Å². The molecule has 0 atom stereocenters. The van der Waals surface area contributed by atoms with Crippen molar-refractivity contribution >= 4 is 32.8 Å². The maximum absolute atomic E-state index is 9.38. The topological polar surface area (TPSA) is 35.9 Å². The number of fused-ring (bicyclic) bond motifs is 10. The molecule has 0 fully saturated rings. The van der Waals surface area contributed by atoms with Crippen molar-refractivity contribution in [1.82, 2.24) is 14.1 Å². The van der Waals surface area contributed by atoms with Crippen LogP contribution in [0.5, 0.6) is 11.5 Å². The SMILES string of the molecule is [2H]c1c([2H])c([2H])c(-c2cccc3c2-[n+]2[c-]n(-c4cccc(Oc5ccc6c7ccccc7n(-c7cc(C(C)(C)C)ccn7)c6c5)c4)c4cccc(c42)-c2ccccc2-c2ccc(-c4c(C([2H])([2H])[2H])cccc4C([2H])([2H])[2H])cc2-3)c([2H])c1[2H].